The fourth-order valence-electron chi connectivity index (χ4n) is 3.44. The molecule has 0 radical (unpaired) electrons. The molecule has 2 bridgehead atoms. The van der Waals surface area contributed by atoms with Crippen molar-refractivity contribution in [3.05, 3.63) is 38.9 Å². The summed E-state index contributed by atoms with van der Waals surface area (Å²) in [6, 6.07) is 4.85. The average Bonchev–Trinajstić information content (AvgIpc) is 2.74. The molecule has 6 nitrogen and oxygen atoms in total. The van der Waals surface area contributed by atoms with E-state index in [-0.39, 0.29) is 29.1 Å². The summed E-state index contributed by atoms with van der Waals surface area (Å²) in [6.45, 7) is 1.79. The van der Waals surface area contributed by atoms with E-state index < -0.39 is 4.92 Å². The third kappa shape index (κ3) is 2.94. The molecule has 1 aromatic carbocycles. The first-order valence-electron chi connectivity index (χ1n) is 7.51. The lowest BCUT2D eigenvalue weighted by molar-refractivity contribution is -0.384. The Balaban J connectivity index is 1.75. The molecular weight excluding hydrogens is 306 g/mol. The van der Waals surface area contributed by atoms with Crippen molar-refractivity contribution in [1.82, 2.24) is 10.2 Å². The zero-order chi connectivity index (χ0) is 15.7. The van der Waals surface area contributed by atoms with Gasteiger partial charge in [-0.15, -0.1) is 0 Å². The third-order valence-electron chi connectivity index (χ3n) is 4.53. The van der Waals surface area contributed by atoms with E-state index in [9.17, 15) is 14.9 Å². The lowest BCUT2D eigenvalue weighted by Gasteiger charge is -2.28. The fraction of sp³-hybridized carbons (Fsp3) is 0.533. The van der Waals surface area contributed by atoms with Crippen LogP contribution in [0, 0.1) is 10.1 Å². The van der Waals surface area contributed by atoms with E-state index in [0.717, 1.165) is 32.4 Å². The number of nitrogens with one attached hydrogen (secondary N) is 1. The van der Waals surface area contributed by atoms with Crippen LogP contribution in [0.5, 0.6) is 0 Å². The molecule has 118 valence electrons. The monoisotopic (exact) mass is 323 g/mol. The molecular formula is C15H18ClN3O3. The maximum absolute atomic E-state index is 12.7. The van der Waals surface area contributed by atoms with Crippen LogP contribution < -0.4 is 5.32 Å². The second-order valence-corrected chi connectivity index (χ2v) is 6.30. The van der Waals surface area contributed by atoms with E-state index in [0.29, 0.717) is 11.6 Å². The third-order valence-corrected chi connectivity index (χ3v) is 4.88. The molecule has 0 saturated carbocycles. The van der Waals surface area contributed by atoms with Crippen LogP contribution in [0.2, 0.25) is 5.02 Å². The number of benzene rings is 1. The van der Waals surface area contributed by atoms with Crippen LogP contribution in [0.15, 0.2) is 18.2 Å². The zero-order valence-electron chi connectivity index (χ0n) is 12.1. The van der Waals surface area contributed by atoms with Crippen LogP contribution in [-0.4, -0.2) is 40.9 Å². The van der Waals surface area contributed by atoms with Crippen molar-refractivity contribution >= 4 is 23.2 Å². The summed E-state index contributed by atoms with van der Waals surface area (Å²) in [6.07, 6.45) is 3.28. The number of nitro benzene ring substituents is 1. The van der Waals surface area contributed by atoms with Crippen LogP contribution in [0.4, 0.5) is 5.69 Å². The average molecular weight is 324 g/mol. The quantitative estimate of drug-likeness (QED) is 0.683. The SMILES string of the molecule is O=C(Cc1ccc([N+](=O)[O-])cc1Cl)N1C2CCNCC1CC2. The number of halogens is 1. The van der Waals surface area contributed by atoms with Crippen LogP contribution in [-0.2, 0) is 11.2 Å². The molecule has 0 aromatic heterocycles. The van der Waals surface area contributed by atoms with Crippen LogP contribution in [0.3, 0.4) is 0 Å². The van der Waals surface area contributed by atoms with Crippen LogP contribution in [0.1, 0.15) is 24.8 Å². The first-order valence-corrected chi connectivity index (χ1v) is 7.89. The number of rotatable bonds is 3. The molecule has 22 heavy (non-hydrogen) atoms. The first kappa shape index (κ1) is 15.2. The molecule has 2 fully saturated rings. The molecule has 2 unspecified atom stereocenters. The Hall–Kier alpha value is -1.66. The van der Waals surface area contributed by atoms with Gasteiger partial charge in [0.2, 0.25) is 5.91 Å². The van der Waals surface area contributed by atoms with Gasteiger partial charge in [-0.3, -0.25) is 14.9 Å². The number of non-ortho nitro benzene ring substituents is 1. The minimum absolute atomic E-state index is 0.0553. The van der Waals surface area contributed by atoms with E-state index in [4.69, 9.17) is 11.6 Å². The summed E-state index contributed by atoms with van der Waals surface area (Å²) >= 11 is 6.09. The largest absolute Gasteiger partial charge is 0.335 e. The van der Waals surface area contributed by atoms with Crippen molar-refractivity contribution < 1.29 is 9.72 Å². The molecule has 2 heterocycles. The number of amides is 1. The second kappa shape index (κ2) is 6.22. The molecule has 2 aliphatic rings. The van der Waals surface area contributed by atoms with Gasteiger partial charge < -0.3 is 10.2 Å². The van der Waals surface area contributed by atoms with E-state index in [1.54, 1.807) is 6.07 Å². The van der Waals surface area contributed by atoms with Crippen LogP contribution in [0.25, 0.3) is 0 Å². The minimum Gasteiger partial charge on any atom is -0.335 e. The normalized spacial score (nSPS) is 24.1. The van der Waals surface area contributed by atoms with Crippen LogP contribution >= 0.6 is 11.6 Å². The van der Waals surface area contributed by atoms with Gasteiger partial charge >= 0.3 is 0 Å². The van der Waals surface area contributed by atoms with Gasteiger partial charge in [0.15, 0.2) is 0 Å². The Morgan fingerprint density at radius 3 is 2.86 bits per heavy atom. The minimum atomic E-state index is -0.488. The van der Waals surface area contributed by atoms with Crippen molar-refractivity contribution in [3.8, 4) is 0 Å². The van der Waals surface area contributed by atoms with Gasteiger partial charge in [-0.1, -0.05) is 17.7 Å². The summed E-state index contributed by atoms with van der Waals surface area (Å²) in [5, 5.41) is 14.4. The smallest absolute Gasteiger partial charge is 0.270 e. The highest BCUT2D eigenvalue weighted by atomic mass is 35.5. The summed E-state index contributed by atoms with van der Waals surface area (Å²) in [5.41, 5.74) is 0.592. The number of hydrogen-bond acceptors (Lipinski definition) is 4. The van der Waals surface area contributed by atoms with Gasteiger partial charge in [-0.25, -0.2) is 0 Å². The number of fused-ring (bicyclic) bond motifs is 2. The molecule has 2 saturated heterocycles. The summed E-state index contributed by atoms with van der Waals surface area (Å²) in [7, 11) is 0. The van der Waals surface area contributed by atoms with Gasteiger partial charge in [-0.2, -0.15) is 0 Å². The maximum Gasteiger partial charge on any atom is 0.270 e. The molecule has 3 rings (SSSR count). The second-order valence-electron chi connectivity index (χ2n) is 5.89. The van der Waals surface area contributed by atoms with E-state index in [2.05, 4.69) is 5.32 Å². The van der Waals surface area contributed by atoms with E-state index in [1.165, 1.54) is 12.1 Å². The van der Waals surface area contributed by atoms with Gasteiger partial charge in [0, 0.05) is 30.8 Å². The summed E-state index contributed by atoms with van der Waals surface area (Å²) in [5.74, 6) is 0.0620. The number of carbonyl (C=O) groups excluding carboxylic acids is 1. The standard InChI is InChI=1S/C15H18ClN3O3/c16-14-8-12(19(21)22)2-1-10(14)7-15(20)18-11-3-4-13(18)9-17-6-5-11/h1-2,8,11,13,17H,3-7,9H2. The van der Waals surface area contributed by atoms with Gasteiger partial charge in [0.05, 0.1) is 16.4 Å². The zero-order valence-corrected chi connectivity index (χ0v) is 12.9. The maximum atomic E-state index is 12.7. The van der Waals surface area contributed by atoms with Gasteiger partial charge in [-0.05, 0) is 31.4 Å². The molecule has 2 atom stereocenters. The predicted octanol–water partition coefficient (Wildman–Crippen LogP) is 2.14. The fourth-order valence-corrected chi connectivity index (χ4v) is 3.68. The van der Waals surface area contributed by atoms with E-state index >= 15 is 0 Å². The molecule has 7 heteroatoms. The van der Waals surface area contributed by atoms with Crippen molar-refractivity contribution in [2.45, 2.75) is 37.8 Å². The number of carbonyl (C=O) groups is 1. The van der Waals surface area contributed by atoms with Crippen molar-refractivity contribution in [3.63, 3.8) is 0 Å². The Labute approximate surface area is 133 Å². The molecule has 1 amide bonds. The number of nitrogens with zero attached hydrogens (tertiary/aromatic N) is 2. The highest BCUT2D eigenvalue weighted by Gasteiger charge is 2.37. The van der Waals surface area contributed by atoms with Crippen molar-refractivity contribution in [1.29, 1.82) is 0 Å². The van der Waals surface area contributed by atoms with Gasteiger partial charge in [0.25, 0.3) is 5.69 Å². The highest BCUT2D eigenvalue weighted by Crippen LogP contribution is 2.30. The van der Waals surface area contributed by atoms with Gasteiger partial charge in [0.1, 0.15) is 0 Å². The first-order chi connectivity index (χ1) is 10.6. The summed E-state index contributed by atoms with van der Waals surface area (Å²) < 4.78 is 0. The number of hydrogen-bond donors (Lipinski definition) is 1. The Bertz CT molecular complexity index is 594. The molecule has 0 spiro atoms. The lowest BCUT2D eigenvalue weighted by Crippen LogP contribution is -2.43. The Morgan fingerprint density at radius 2 is 2.14 bits per heavy atom. The molecule has 2 aliphatic heterocycles. The molecule has 1 N–H and O–H groups in total. The Kier molecular flexibility index (Phi) is 4.31. The predicted molar refractivity (Wildman–Crippen MR) is 83.0 cm³/mol. The molecule has 0 aliphatic carbocycles. The van der Waals surface area contributed by atoms with Crippen molar-refractivity contribution in [2.24, 2.45) is 0 Å². The Morgan fingerprint density at radius 1 is 1.36 bits per heavy atom. The highest BCUT2D eigenvalue weighted by molar-refractivity contribution is 6.31. The van der Waals surface area contributed by atoms with Crippen molar-refractivity contribution in [2.75, 3.05) is 13.1 Å². The molecule has 1 aromatic rings. The lowest BCUT2D eigenvalue weighted by atomic mass is 10.1. The summed E-state index contributed by atoms with van der Waals surface area (Å²) in [4.78, 5) is 24.9. The topological polar surface area (TPSA) is 75.5 Å². The van der Waals surface area contributed by atoms with E-state index in [1.807, 2.05) is 4.90 Å². The number of nitro groups is 1.